The Labute approximate surface area is 124 Å². The summed E-state index contributed by atoms with van der Waals surface area (Å²) in [6.45, 7) is -0.876. The van der Waals surface area contributed by atoms with Crippen LogP contribution in [0.5, 0.6) is 11.5 Å². The summed E-state index contributed by atoms with van der Waals surface area (Å²) >= 11 is 1.44. The van der Waals surface area contributed by atoms with Crippen molar-refractivity contribution in [3.63, 3.8) is 0 Å². The van der Waals surface area contributed by atoms with Gasteiger partial charge in [-0.1, -0.05) is 6.07 Å². The van der Waals surface area contributed by atoms with Gasteiger partial charge in [-0.3, -0.25) is 10.1 Å². The highest BCUT2D eigenvalue weighted by molar-refractivity contribution is 7.99. The summed E-state index contributed by atoms with van der Waals surface area (Å²) in [5, 5.41) is 11.7. The van der Waals surface area contributed by atoms with Crippen molar-refractivity contribution in [2.24, 2.45) is 0 Å². The van der Waals surface area contributed by atoms with Crippen molar-refractivity contribution in [1.29, 1.82) is 0 Å². The molecule has 21 heavy (non-hydrogen) atoms. The molecular weight excluding hydrogens is 304 g/mol. The van der Waals surface area contributed by atoms with Crippen LogP contribution in [0.4, 0.5) is 8.78 Å². The molecule has 1 saturated heterocycles. The Hall–Kier alpha value is -1.54. The Morgan fingerprint density at radius 1 is 1.52 bits per heavy atom. The first-order chi connectivity index (χ1) is 10.0. The molecule has 116 valence electrons. The molecule has 1 aliphatic rings. The van der Waals surface area contributed by atoms with Crippen molar-refractivity contribution >= 4 is 17.7 Å². The predicted molar refractivity (Wildman–Crippen MR) is 74.0 cm³/mol. The van der Waals surface area contributed by atoms with E-state index in [4.69, 9.17) is 9.84 Å². The molecule has 2 atom stereocenters. The first-order valence-electron chi connectivity index (χ1n) is 6.33. The van der Waals surface area contributed by atoms with Crippen molar-refractivity contribution in [3.05, 3.63) is 23.8 Å². The summed E-state index contributed by atoms with van der Waals surface area (Å²) in [7, 11) is 0. The third kappa shape index (κ3) is 3.98. The fraction of sp³-hybridized carbons (Fsp3) is 0.462. The smallest absolute Gasteiger partial charge is 0.387 e. The number of aliphatic carboxylic acids is 1. The molecular formula is C13H15F2NO4S. The van der Waals surface area contributed by atoms with E-state index >= 15 is 0 Å². The number of thioether (sulfide) groups is 1. The van der Waals surface area contributed by atoms with Crippen molar-refractivity contribution in [1.82, 2.24) is 5.32 Å². The fourth-order valence-electron chi connectivity index (χ4n) is 1.96. The molecule has 1 aromatic rings. The van der Waals surface area contributed by atoms with Gasteiger partial charge >= 0.3 is 12.6 Å². The van der Waals surface area contributed by atoms with Crippen LogP contribution in [-0.2, 0) is 4.79 Å². The average Bonchev–Trinajstić information content (AvgIpc) is 2.90. The molecule has 0 radical (unpaired) electrons. The van der Waals surface area contributed by atoms with E-state index in [2.05, 4.69) is 10.1 Å². The Bertz CT molecular complexity index is 515. The Balaban J connectivity index is 2.17. The van der Waals surface area contributed by atoms with Gasteiger partial charge in [0, 0.05) is 5.75 Å². The number of nitrogens with one attached hydrogen (secondary N) is 1. The zero-order valence-electron chi connectivity index (χ0n) is 11.2. The zero-order valence-corrected chi connectivity index (χ0v) is 12.0. The van der Waals surface area contributed by atoms with E-state index in [1.807, 2.05) is 0 Å². The molecule has 2 unspecified atom stereocenters. The topological polar surface area (TPSA) is 67.8 Å². The van der Waals surface area contributed by atoms with Crippen molar-refractivity contribution in [2.75, 3.05) is 12.4 Å². The summed E-state index contributed by atoms with van der Waals surface area (Å²) in [5.74, 6) is -0.281. The molecule has 0 aromatic heterocycles. The van der Waals surface area contributed by atoms with Gasteiger partial charge < -0.3 is 14.6 Å². The van der Waals surface area contributed by atoms with E-state index in [1.165, 1.54) is 17.8 Å². The maximum atomic E-state index is 12.3. The molecule has 2 rings (SSSR count). The molecule has 0 spiro atoms. The van der Waals surface area contributed by atoms with Crippen LogP contribution in [0.25, 0.3) is 0 Å². The van der Waals surface area contributed by atoms with E-state index in [9.17, 15) is 13.6 Å². The van der Waals surface area contributed by atoms with Crippen LogP contribution in [0.15, 0.2) is 18.2 Å². The molecule has 8 heteroatoms. The monoisotopic (exact) mass is 319 g/mol. The third-order valence-corrected chi connectivity index (χ3v) is 4.13. The first kappa shape index (κ1) is 15.8. The minimum Gasteiger partial charge on any atom is -0.490 e. The molecule has 0 aliphatic carbocycles. The number of carboxylic acids is 1. The quantitative estimate of drug-likeness (QED) is 0.839. The van der Waals surface area contributed by atoms with Crippen LogP contribution < -0.4 is 14.8 Å². The lowest BCUT2D eigenvalue weighted by molar-refractivity contribution is -0.138. The standard InChI is InChI=1S/C13H15F2NO4S/c1-2-19-10-5-7(3-4-9(10)20-13(14)15)11-16-8(6-21-11)12(17)18/h3-5,8,11,13,16H,2,6H2,1H3,(H,17,18). The number of carboxylic acid groups (broad SMARTS) is 1. The number of alkyl halides is 2. The maximum Gasteiger partial charge on any atom is 0.387 e. The van der Waals surface area contributed by atoms with Gasteiger partial charge in [-0.2, -0.15) is 8.78 Å². The second kappa shape index (κ2) is 6.95. The number of carbonyl (C=O) groups is 1. The van der Waals surface area contributed by atoms with Crippen LogP contribution >= 0.6 is 11.8 Å². The highest BCUT2D eigenvalue weighted by atomic mass is 32.2. The number of halogens is 2. The molecule has 1 aromatic carbocycles. The molecule has 2 N–H and O–H groups in total. The van der Waals surface area contributed by atoms with Crippen LogP contribution in [-0.4, -0.2) is 36.1 Å². The number of benzene rings is 1. The Morgan fingerprint density at radius 2 is 2.29 bits per heavy atom. The van der Waals surface area contributed by atoms with E-state index in [-0.39, 0.29) is 16.9 Å². The summed E-state index contributed by atoms with van der Waals surface area (Å²) in [5.41, 5.74) is 0.758. The van der Waals surface area contributed by atoms with Gasteiger partial charge in [0.25, 0.3) is 0 Å². The summed E-state index contributed by atoms with van der Waals surface area (Å²) in [4.78, 5) is 10.9. The van der Waals surface area contributed by atoms with E-state index in [1.54, 1.807) is 19.1 Å². The summed E-state index contributed by atoms with van der Waals surface area (Å²) in [6, 6.07) is 4.00. The van der Waals surface area contributed by atoms with Gasteiger partial charge in [0.1, 0.15) is 6.04 Å². The molecule has 0 saturated carbocycles. The van der Waals surface area contributed by atoms with Crippen molar-refractivity contribution in [2.45, 2.75) is 25.0 Å². The molecule has 1 aliphatic heterocycles. The Kier molecular flexibility index (Phi) is 5.24. The van der Waals surface area contributed by atoms with Crippen molar-refractivity contribution in [3.8, 4) is 11.5 Å². The van der Waals surface area contributed by atoms with Gasteiger partial charge in [-0.25, -0.2) is 0 Å². The SMILES string of the molecule is CCOc1cc(C2NC(C(=O)O)CS2)ccc1OC(F)F. The molecule has 1 fully saturated rings. The molecule has 0 bridgehead atoms. The van der Waals surface area contributed by atoms with Gasteiger partial charge in [-0.15, -0.1) is 11.8 Å². The summed E-state index contributed by atoms with van der Waals surface area (Å²) < 4.78 is 34.3. The molecule has 0 amide bonds. The average molecular weight is 319 g/mol. The van der Waals surface area contributed by atoms with Gasteiger partial charge in [-0.05, 0) is 24.6 Å². The van der Waals surface area contributed by atoms with Crippen molar-refractivity contribution < 1.29 is 28.2 Å². The number of hydrogen-bond donors (Lipinski definition) is 2. The third-order valence-electron chi connectivity index (χ3n) is 2.87. The van der Waals surface area contributed by atoms with Gasteiger partial charge in [0.2, 0.25) is 0 Å². The maximum absolute atomic E-state index is 12.3. The number of ether oxygens (including phenoxy) is 2. The van der Waals surface area contributed by atoms with Crippen LogP contribution in [0, 0.1) is 0 Å². The van der Waals surface area contributed by atoms with E-state index in [0.717, 1.165) is 5.56 Å². The van der Waals surface area contributed by atoms with Crippen LogP contribution in [0.2, 0.25) is 0 Å². The minimum absolute atomic E-state index is 0.0339. The minimum atomic E-state index is -2.93. The van der Waals surface area contributed by atoms with Gasteiger partial charge in [0.15, 0.2) is 11.5 Å². The lowest BCUT2D eigenvalue weighted by atomic mass is 10.2. The first-order valence-corrected chi connectivity index (χ1v) is 7.38. The van der Waals surface area contributed by atoms with Crippen LogP contribution in [0.1, 0.15) is 17.9 Å². The number of rotatable bonds is 6. The highest BCUT2D eigenvalue weighted by Gasteiger charge is 2.30. The molecule has 1 heterocycles. The normalized spacial score (nSPS) is 21.5. The predicted octanol–water partition coefficient (Wildman–Crippen LogP) is 2.47. The Morgan fingerprint density at radius 3 is 2.86 bits per heavy atom. The van der Waals surface area contributed by atoms with Crippen LogP contribution in [0.3, 0.4) is 0 Å². The second-order valence-corrected chi connectivity index (χ2v) is 5.43. The summed E-state index contributed by atoms with van der Waals surface area (Å²) in [6.07, 6.45) is 0. The second-order valence-electron chi connectivity index (χ2n) is 4.29. The lowest BCUT2D eigenvalue weighted by Gasteiger charge is -2.16. The largest absolute Gasteiger partial charge is 0.490 e. The molecule has 5 nitrogen and oxygen atoms in total. The zero-order chi connectivity index (χ0) is 15.4. The fourth-order valence-corrected chi connectivity index (χ4v) is 3.18. The highest BCUT2D eigenvalue weighted by Crippen LogP contribution is 2.38. The van der Waals surface area contributed by atoms with Gasteiger partial charge in [0.05, 0.1) is 12.0 Å². The van der Waals surface area contributed by atoms with E-state index < -0.39 is 18.6 Å². The van der Waals surface area contributed by atoms with E-state index in [0.29, 0.717) is 12.4 Å². The lowest BCUT2D eigenvalue weighted by Crippen LogP contribution is -2.33. The number of hydrogen-bond acceptors (Lipinski definition) is 5.